The summed E-state index contributed by atoms with van der Waals surface area (Å²) >= 11 is 1.97. The second-order valence-corrected chi connectivity index (χ2v) is 4.39. The number of thioether (sulfide) groups is 1. The third-order valence-corrected chi connectivity index (χ3v) is 3.37. The smallest absolute Gasteiger partial charge is 0.0514 e. The van der Waals surface area contributed by atoms with E-state index in [1.807, 2.05) is 18.8 Å². The Hall–Kier alpha value is 0.230. The van der Waals surface area contributed by atoms with Gasteiger partial charge in [0.1, 0.15) is 0 Å². The number of hydrogen-bond acceptors (Lipinski definition) is 4. The molecule has 3 nitrogen and oxygen atoms in total. The van der Waals surface area contributed by atoms with Crippen LogP contribution < -0.4 is 10.6 Å². The van der Waals surface area contributed by atoms with E-state index >= 15 is 0 Å². The van der Waals surface area contributed by atoms with Crippen molar-refractivity contribution in [3.05, 3.63) is 0 Å². The van der Waals surface area contributed by atoms with Crippen LogP contribution >= 0.6 is 11.8 Å². The number of hydrogen-bond donors (Lipinski definition) is 2. The Labute approximate surface area is 79.3 Å². The van der Waals surface area contributed by atoms with Gasteiger partial charge < -0.3 is 10.6 Å². The topological polar surface area (TPSA) is 27.3 Å². The second kappa shape index (κ2) is 5.80. The minimum Gasteiger partial charge on any atom is -0.314 e. The summed E-state index contributed by atoms with van der Waals surface area (Å²) in [5.74, 6) is 1.16. The number of nitrogens with one attached hydrogen (secondary N) is 2. The van der Waals surface area contributed by atoms with Crippen LogP contribution in [0.25, 0.3) is 0 Å². The van der Waals surface area contributed by atoms with Gasteiger partial charge >= 0.3 is 0 Å². The summed E-state index contributed by atoms with van der Waals surface area (Å²) in [4.78, 5) is 2.50. The lowest BCUT2D eigenvalue weighted by Crippen LogP contribution is -2.43. The minimum absolute atomic E-state index is 0.569. The van der Waals surface area contributed by atoms with Gasteiger partial charge in [0.05, 0.1) is 5.37 Å². The zero-order chi connectivity index (χ0) is 8.81. The van der Waals surface area contributed by atoms with Gasteiger partial charge in [0, 0.05) is 32.1 Å². The quantitative estimate of drug-likeness (QED) is 0.616. The third kappa shape index (κ3) is 3.76. The van der Waals surface area contributed by atoms with Crippen LogP contribution in [0.15, 0.2) is 0 Å². The van der Waals surface area contributed by atoms with Crippen molar-refractivity contribution >= 4 is 11.8 Å². The Morgan fingerprint density at radius 1 is 1.50 bits per heavy atom. The van der Waals surface area contributed by atoms with Crippen molar-refractivity contribution < 1.29 is 0 Å². The Balaban J connectivity index is 2.05. The van der Waals surface area contributed by atoms with Crippen LogP contribution in [0.5, 0.6) is 0 Å². The Kier molecular flexibility index (Phi) is 4.99. The molecule has 1 unspecified atom stereocenters. The van der Waals surface area contributed by atoms with Crippen molar-refractivity contribution in [2.75, 3.05) is 39.1 Å². The number of nitrogens with zero attached hydrogens (tertiary/aromatic N) is 1. The second-order valence-electron chi connectivity index (χ2n) is 3.09. The molecule has 0 saturated carbocycles. The van der Waals surface area contributed by atoms with Crippen molar-refractivity contribution in [3.63, 3.8) is 0 Å². The average Bonchev–Trinajstić information content (AvgIpc) is 2.16. The van der Waals surface area contributed by atoms with Gasteiger partial charge in [0.25, 0.3) is 0 Å². The fourth-order valence-electron chi connectivity index (χ4n) is 1.14. The Bertz CT molecular complexity index is 115. The third-order valence-electron chi connectivity index (χ3n) is 2.12. The lowest BCUT2D eigenvalue weighted by Gasteiger charge is -2.27. The predicted octanol–water partition coefficient (Wildman–Crippen LogP) is 0.148. The minimum atomic E-state index is 0.569. The lowest BCUT2D eigenvalue weighted by molar-refractivity contribution is 0.279. The van der Waals surface area contributed by atoms with Crippen molar-refractivity contribution in [1.82, 2.24) is 15.5 Å². The maximum Gasteiger partial charge on any atom is 0.0514 e. The first kappa shape index (κ1) is 10.3. The molecule has 2 N–H and O–H groups in total. The molecule has 1 fully saturated rings. The van der Waals surface area contributed by atoms with Gasteiger partial charge in [0.2, 0.25) is 0 Å². The summed E-state index contributed by atoms with van der Waals surface area (Å²) in [5.41, 5.74) is 0. The highest BCUT2D eigenvalue weighted by atomic mass is 32.2. The monoisotopic (exact) mass is 189 g/mol. The van der Waals surface area contributed by atoms with E-state index in [9.17, 15) is 0 Å². The molecule has 0 spiro atoms. The average molecular weight is 189 g/mol. The molecule has 0 bridgehead atoms. The molecule has 1 aliphatic heterocycles. The van der Waals surface area contributed by atoms with Crippen LogP contribution in [-0.2, 0) is 0 Å². The molecule has 0 amide bonds. The van der Waals surface area contributed by atoms with Crippen molar-refractivity contribution in [1.29, 1.82) is 0 Å². The van der Waals surface area contributed by atoms with Crippen LogP contribution in [0.1, 0.15) is 6.92 Å². The van der Waals surface area contributed by atoms with E-state index in [1.165, 1.54) is 13.1 Å². The molecular formula is C8H19N3S. The zero-order valence-corrected chi connectivity index (χ0v) is 8.78. The van der Waals surface area contributed by atoms with Crippen LogP contribution in [0, 0.1) is 0 Å². The predicted molar refractivity (Wildman–Crippen MR) is 55.4 cm³/mol. The van der Waals surface area contributed by atoms with Crippen molar-refractivity contribution in [2.45, 2.75) is 12.3 Å². The highest BCUT2D eigenvalue weighted by Crippen LogP contribution is 2.09. The van der Waals surface area contributed by atoms with E-state index in [1.54, 1.807) is 0 Å². The summed E-state index contributed by atoms with van der Waals surface area (Å²) in [6, 6.07) is 0. The zero-order valence-electron chi connectivity index (χ0n) is 7.97. The summed E-state index contributed by atoms with van der Waals surface area (Å²) in [6.45, 7) is 6.89. The van der Waals surface area contributed by atoms with E-state index in [0.717, 1.165) is 19.0 Å². The standard InChI is InChI=1S/C8H19N3S/c1-8(9-2)12-7-11-5-3-10-4-6-11/h8-10H,3-7H2,1-2H3. The number of piperazine rings is 1. The van der Waals surface area contributed by atoms with Gasteiger partial charge in [-0.05, 0) is 14.0 Å². The maximum absolute atomic E-state index is 3.35. The van der Waals surface area contributed by atoms with E-state index in [0.29, 0.717) is 5.37 Å². The van der Waals surface area contributed by atoms with Crippen molar-refractivity contribution in [2.24, 2.45) is 0 Å². The van der Waals surface area contributed by atoms with Crippen LogP contribution in [0.3, 0.4) is 0 Å². The largest absolute Gasteiger partial charge is 0.314 e. The van der Waals surface area contributed by atoms with Crippen LogP contribution in [-0.4, -0.2) is 49.4 Å². The molecule has 12 heavy (non-hydrogen) atoms. The molecule has 1 aliphatic rings. The summed E-state index contributed by atoms with van der Waals surface area (Å²) in [6.07, 6.45) is 0. The van der Waals surface area contributed by atoms with Crippen molar-refractivity contribution in [3.8, 4) is 0 Å². The lowest BCUT2D eigenvalue weighted by atomic mass is 10.4. The molecule has 1 saturated heterocycles. The summed E-state index contributed by atoms with van der Waals surface area (Å²) < 4.78 is 0. The molecule has 0 aromatic rings. The molecule has 1 rings (SSSR count). The fraction of sp³-hybridized carbons (Fsp3) is 1.00. The fourth-order valence-corrected chi connectivity index (χ4v) is 2.00. The maximum atomic E-state index is 3.35. The summed E-state index contributed by atoms with van der Waals surface area (Å²) in [5, 5.41) is 7.14. The molecule has 72 valence electrons. The molecule has 0 radical (unpaired) electrons. The van der Waals surface area contributed by atoms with Gasteiger partial charge in [-0.25, -0.2) is 0 Å². The first-order valence-electron chi connectivity index (χ1n) is 4.55. The SMILES string of the molecule is CNC(C)SCN1CCNCC1. The van der Waals surface area contributed by atoms with Gasteiger partial charge in [-0.15, -0.1) is 11.8 Å². The molecule has 1 atom stereocenters. The normalized spacial score (nSPS) is 22.5. The van der Waals surface area contributed by atoms with Crippen LogP contribution in [0.2, 0.25) is 0 Å². The molecule has 4 heteroatoms. The van der Waals surface area contributed by atoms with Gasteiger partial charge in [-0.1, -0.05) is 0 Å². The van der Waals surface area contributed by atoms with Crippen LogP contribution in [0.4, 0.5) is 0 Å². The van der Waals surface area contributed by atoms with E-state index in [2.05, 4.69) is 22.5 Å². The molecule has 0 aromatic carbocycles. The molecule has 0 aromatic heterocycles. The Morgan fingerprint density at radius 2 is 2.17 bits per heavy atom. The number of rotatable bonds is 4. The first-order chi connectivity index (χ1) is 5.83. The van der Waals surface area contributed by atoms with Gasteiger partial charge in [-0.3, -0.25) is 4.90 Å². The summed E-state index contributed by atoms with van der Waals surface area (Å²) in [7, 11) is 2.01. The highest BCUT2D eigenvalue weighted by Gasteiger charge is 2.09. The molecule has 0 aliphatic carbocycles. The van der Waals surface area contributed by atoms with E-state index < -0.39 is 0 Å². The molecule has 1 heterocycles. The highest BCUT2D eigenvalue weighted by molar-refractivity contribution is 7.99. The van der Waals surface area contributed by atoms with E-state index in [4.69, 9.17) is 0 Å². The van der Waals surface area contributed by atoms with Gasteiger partial charge in [-0.2, -0.15) is 0 Å². The Morgan fingerprint density at radius 3 is 2.75 bits per heavy atom. The van der Waals surface area contributed by atoms with Gasteiger partial charge in [0.15, 0.2) is 0 Å². The first-order valence-corrected chi connectivity index (χ1v) is 5.59. The molecular weight excluding hydrogens is 170 g/mol. The van der Waals surface area contributed by atoms with E-state index in [-0.39, 0.29) is 0 Å².